The number of methoxy groups -OCH3 is 1. The summed E-state index contributed by atoms with van der Waals surface area (Å²) in [6.07, 6.45) is 9.28. The molecule has 0 aromatic heterocycles. The van der Waals surface area contributed by atoms with Crippen molar-refractivity contribution >= 4 is 17.6 Å². The molecule has 4 aliphatic rings. The van der Waals surface area contributed by atoms with Crippen molar-refractivity contribution in [3.8, 4) is 5.75 Å². The molecule has 2 saturated carbocycles. The monoisotopic (exact) mass is 372 g/mol. The smallest absolute Gasteiger partial charge is 0.315 e. The summed E-state index contributed by atoms with van der Waals surface area (Å²) in [6, 6.07) is 8.25. The fourth-order valence-corrected chi connectivity index (χ4v) is 8.01. The second kappa shape index (κ2) is 4.86. The molecule has 0 unspecified atom stereocenters. The summed E-state index contributed by atoms with van der Waals surface area (Å²) in [6.45, 7) is 4.48. The first-order valence-electron chi connectivity index (χ1n) is 9.57. The van der Waals surface area contributed by atoms with Crippen molar-refractivity contribution in [2.75, 3.05) is 7.11 Å². The lowest BCUT2D eigenvalue weighted by molar-refractivity contribution is -0.150. The first-order chi connectivity index (χ1) is 12.4. The van der Waals surface area contributed by atoms with E-state index >= 15 is 0 Å². The minimum absolute atomic E-state index is 0.0153. The zero-order valence-electron chi connectivity index (χ0n) is 15.5. The number of benzene rings is 1. The average Bonchev–Trinajstić information content (AvgIpc) is 3.11. The highest BCUT2D eigenvalue weighted by molar-refractivity contribution is 6.21. The zero-order chi connectivity index (χ0) is 18.4. The molecule has 0 radical (unpaired) electrons. The Balaban J connectivity index is 1.82. The number of allylic oxidation sites excluding steroid dienone is 2. The molecular weight excluding hydrogens is 348 g/mol. The Hall–Kier alpha value is -1.48. The van der Waals surface area contributed by atoms with E-state index in [0.29, 0.717) is 0 Å². The van der Waals surface area contributed by atoms with Crippen LogP contribution in [-0.4, -0.2) is 18.6 Å². The Morgan fingerprint density at radius 2 is 1.81 bits per heavy atom. The fourth-order valence-electron chi connectivity index (χ4n) is 7.45. The first-order valence-corrected chi connectivity index (χ1v) is 10.0. The largest absolute Gasteiger partial charge is 0.497 e. The van der Waals surface area contributed by atoms with Crippen LogP contribution < -0.4 is 4.74 Å². The Morgan fingerprint density at radius 1 is 1.12 bits per heavy atom. The molecule has 6 atom stereocenters. The molecule has 4 heteroatoms. The summed E-state index contributed by atoms with van der Waals surface area (Å²) in [5.41, 5.74) is -0.499. The quantitative estimate of drug-likeness (QED) is 0.424. The Bertz CT molecular complexity index is 817. The van der Waals surface area contributed by atoms with Gasteiger partial charge in [0.1, 0.15) is 5.75 Å². The highest BCUT2D eigenvalue weighted by Gasteiger charge is 2.85. The Kier molecular flexibility index (Phi) is 3.12. The molecule has 0 amide bonds. The molecule has 1 aromatic carbocycles. The van der Waals surface area contributed by atoms with Gasteiger partial charge in [-0.15, -0.1) is 0 Å². The van der Waals surface area contributed by atoms with Gasteiger partial charge in [0.2, 0.25) is 0 Å². The third kappa shape index (κ3) is 1.43. The van der Waals surface area contributed by atoms with Crippen LogP contribution in [0.15, 0.2) is 36.4 Å². The van der Waals surface area contributed by atoms with Gasteiger partial charge in [-0.25, -0.2) is 0 Å². The van der Waals surface area contributed by atoms with Crippen LogP contribution in [0.1, 0.15) is 45.1 Å². The summed E-state index contributed by atoms with van der Waals surface area (Å²) in [7, 11) is 1.68. The molecule has 5 rings (SSSR count). The topological polar surface area (TPSA) is 35.5 Å². The second-order valence-electron chi connectivity index (χ2n) is 8.89. The van der Waals surface area contributed by atoms with E-state index in [1.165, 1.54) is 18.4 Å². The number of carbonyl (C=O) groups is 1. The van der Waals surface area contributed by atoms with Gasteiger partial charge < -0.3 is 9.47 Å². The number of esters is 1. The van der Waals surface area contributed by atoms with Gasteiger partial charge in [-0.1, -0.05) is 55.7 Å². The molecule has 0 N–H and O–H groups in total. The van der Waals surface area contributed by atoms with E-state index < -0.39 is 16.4 Å². The molecule has 1 aromatic rings. The molecule has 0 spiro atoms. The number of halogens is 1. The van der Waals surface area contributed by atoms with Crippen molar-refractivity contribution in [1.29, 1.82) is 0 Å². The maximum absolute atomic E-state index is 13.2. The van der Waals surface area contributed by atoms with E-state index in [1.54, 1.807) is 7.11 Å². The standard InChI is InChI=1S/C22H25ClO3/c1-19-10-4-5-11-21(19)12-13-22(19,14-6-8-15(25-3)9-7-14)20(2)16(21)17(23)26-18(20)24/h6-9,12-13,16-17H,4-5,10-11H2,1-3H3/t16-,17+,19-,20-,21-,22+/m0/s1. The summed E-state index contributed by atoms with van der Waals surface area (Å²) in [4.78, 5) is 13.2. The van der Waals surface area contributed by atoms with Crippen molar-refractivity contribution in [2.45, 2.75) is 50.5 Å². The number of cyclic esters (lactones) is 1. The highest BCUT2D eigenvalue weighted by Crippen LogP contribution is 2.84. The molecule has 3 nitrogen and oxygen atoms in total. The summed E-state index contributed by atoms with van der Waals surface area (Å²) < 4.78 is 11.0. The lowest BCUT2D eigenvalue weighted by Crippen LogP contribution is -2.51. The van der Waals surface area contributed by atoms with Crippen molar-refractivity contribution in [1.82, 2.24) is 0 Å². The van der Waals surface area contributed by atoms with E-state index in [4.69, 9.17) is 21.1 Å². The van der Waals surface area contributed by atoms with Crippen LogP contribution in [0.2, 0.25) is 0 Å². The molecule has 1 saturated heterocycles. The van der Waals surface area contributed by atoms with Gasteiger partial charge in [0, 0.05) is 16.7 Å². The van der Waals surface area contributed by atoms with Gasteiger partial charge in [0.05, 0.1) is 12.5 Å². The predicted molar refractivity (Wildman–Crippen MR) is 100 cm³/mol. The average molecular weight is 373 g/mol. The number of ether oxygens (including phenoxy) is 2. The first kappa shape index (κ1) is 16.7. The van der Waals surface area contributed by atoms with Crippen LogP contribution in [0.5, 0.6) is 5.75 Å². The van der Waals surface area contributed by atoms with Crippen LogP contribution in [0, 0.1) is 22.2 Å². The van der Waals surface area contributed by atoms with Gasteiger partial charge >= 0.3 is 5.97 Å². The maximum atomic E-state index is 13.2. The number of hydrogen-bond acceptors (Lipinski definition) is 3. The molecule has 138 valence electrons. The van der Waals surface area contributed by atoms with Crippen molar-refractivity contribution < 1.29 is 14.3 Å². The van der Waals surface area contributed by atoms with E-state index in [2.05, 4.69) is 38.1 Å². The van der Waals surface area contributed by atoms with Crippen LogP contribution in [0.25, 0.3) is 0 Å². The fraction of sp³-hybridized carbons (Fsp3) is 0.591. The zero-order valence-corrected chi connectivity index (χ0v) is 16.3. The van der Waals surface area contributed by atoms with Crippen molar-refractivity contribution in [2.24, 2.45) is 22.2 Å². The summed E-state index contributed by atoms with van der Waals surface area (Å²) in [5.74, 6) is 0.704. The van der Waals surface area contributed by atoms with Crippen LogP contribution >= 0.6 is 11.6 Å². The predicted octanol–water partition coefficient (Wildman–Crippen LogP) is 4.83. The third-order valence-electron chi connectivity index (χ3n) is 8.49. The number of rotatable bonds is 2. The molecule has 26 heavy (non-hydrogen) atoms. The van der Waals surface area contributed by atoms with Crippen molar-refractivity contribution in [3.05, 3.63) is 42.0 Å². The number of carbonyl (C=O) groups excluding carboxylic acids is 1. The molecule has 2 bridgehead atoms. The normalized spacial score (nSPS) is 48.2. The third-order valence-corrected chi connectivity index (χ3v) is 8.83. The molecule has 1 aliphatic heterocycles. The number of fused-ring (bicyclic) bond motifs is 2. The van der Waals surface area contributed by atoms with Gasteiger partial charge in [0.25, 0.3) is 0 Å². The minimum Gasteiger partial charge on any atom is -0.497 e. The van der Waals surface area contributed by atoms with Crippen LogP contribution in [0.4, 0.5) is 0 Å². The van der Waals surface area contributed by atoms with Gasteiger partial charge in [0.15, 0.2) is 5.56 Å². The molecular formula is C22H25ClO3. The molecule has 3 fully saturated rings. The number of hydrogen-bond donors (Lipinski definition) is 0. The van der Waals surface area contributed by atoms with Crippen LogP contribution in [-0.2, 0) is 14.9 Å². The van der Waals surface area contributed by atoms with Gasteiger partial charge in [-0.2, -0.15) is 0 Å². The number of alkyl halides is 1. The minimum atomic E-state index is -0.637. The summed E-state index contributed by atoms with van der Waals surface area (Å²) in [5, 5.41) is 0. The maximum Gasteiger partial charge on any atom is 0.315 e. The SMILES string of the molecule is COc1ccc([C@]23C=C[C@@]4(CCCC[C@]24C)[C@H]2[C@H](Cl)OC(=O)[C@]23C)cc1. The van der Waals surface area contributed by atoms with E-state index in [9.17, 15) is 4.79 Å². The van der Waals surface area contributed by atoms with E-state index in [0.717, 1.165) is 18.6 Å². The molecule has 1 heterocycles. The van der Waals surface area contributed by atoms with Crippen LogP contribution in [0.3, 0.4) is 0 Å². The molecule has 3 aliphatic carbocycles. The van der Waals surface area contributed by atoms with Gasteiger partial charge in [-0.05, 0) is 42.9 Å². The van der Waals surface area contributed by atoms with E-state index in [1.807, 2.05) is 12.1 Å². The van der Waals surface area contributed by atoms with Crippen molar-refractivity contribution in [3.63, 3.8) is 0 Å². The lowest BCUT2D eigenvalue weighted by Gasteiger charge is -2.52. The lowest BCUT2D eigenvalue weighted by atomic mass is 9.51. The van der Waals surface area contributed by atoms with Gasteiger partial charge in [-0.3, -0.25) is 4.79 Å². The Labute approximate surface area is 159 Å². The highest BCUT2D eigenvalue weighted by atomic mass is 35.5. The van der Waals surface area contributed by atoms with E-state index in [-0.39, 0.29) is 22.7 Å². The second-order valence-corrected chi connectivity index (χ2v) is 9.32. The summed E-state index contributed by atoms with van der Waals surface area (Å²) >= 11 is 6.67. The Morgan fingerprint density at radius 3 is 2.50 bits per heavy atom.